The molecule has 0 amide bonds. The van der Waals surface area contributed by atoms with Crippen LogP contribution in [-0.2, 0) is 10.8 Å². The van der Waals surface area contributed by atoms with Crippen LogP contribution < -0.4 is 19.3 Å². The van der Waals surface area contributed by atoms with Crippen LogP contribution in [0.25, 0.3) is 44.1 Å². The normalized spacial score (nSPS) is 15.2. The molecule has 320 valence electrons. The van der Waals surface area contributed by atoms with Crippen LogP contribution in [0.5, 0.6) is 11.5 Å². The molecule has 9 aromatic rings. The number of anilines is 6. The van der Waals surface area contributed by atoms with Gasteiger partial charge in [-0.1, -0.05) is 88.4 Å². The fourth-order valence-electron chi connectivity index (χ4n) is 11.4. The van der Waals surface area contributed by atoms with Gasteiger partial charge in [0.25, 0.3) is 0 Å². The molecule has 0 bridgehead atoms. The molecule has 1 saturated carbocycles. The lowest BCUT2D eigenvalue weighted by Crippen LogP contribution is -2.17. The monoisotopic (exact) mass is 847 g/mol. The maximum atomic E-state index is 5.65. The topological polar surface area (TPSA) is 29.9 Å². The molecule has 0 aliphatic heterocycles. The minimum atomic E-state index is -0.127. The highest BCUT2D eigenvalue weighted by atomic mass is 16.5. The Kier molecular flexibility index (Phi) is 8.87. The third-order valence-corrected chi connectivity index (χ3v) is 15.0. The fraction of sp³-hybridized carbons (Fsp3) is 0.200. The van der Waals surface area contributed by atoms with Crippen LogP contribution in [0.15, 0.2) is 170 Å². The van der Waals surface area contributed by atoms with Crippen LogP contribution in [0, 0.1) is 0 Å². The molecule has 1 heterocycles. The van der Waals surface area contributed by atoms with Crippen LogP contribution in [0.2, 0.25) is 0 Å². The summed E-state index contributed by atoms with van der Waals surface area (Å²) in [6.07, 6.45) is 3.65. The molecule has 0 unspecified atom stereocenters. The Hall–Kier alpha value is -7.24. The fourth-order valence-corrected chi connectivity index (χ4v) is 11.4. The molecule has 5 heteroatoms. The zero-order valence-electron chi connectivity index (χ0n) is 38.0. The molecule has 1 aromatic heterocycles. The number of methoxy groups -OCH3 is 2. The lowest BCUT2D eigenvalue weighted by Gasteiger charge is -2.30. The van der Waals surface area contributed by atoms with Gasteiger partial charge in [0.15, 0.2) is 0 Å². The first-order chi connectivity index (χ1) is 31.6. The van der Waals surface area contributed by atoms with E-state index in [1.807, 2.05) is 0 Å². The molecule has 3 aliphatic carbocycles. The minimum absolute atomic E-state index is 0.127. The zero-order chi connectivity index (χ0) is 44.2. The van der Waals surface area contributed by atoms with Gasteiger partial charge >= 0.3 is 0 Å². The van der Waals surface area contributed by atoms with Crippen molar-refractivity contribution in [3.63, 3.8) is 0 Å². The lowest BCUT2D eigenvalue weighted by molar-refractivity contribution is 0.328. The summed E-state index contributed by atoms with van der Waals surface area (Å²) in [4.78, 5) is 4.84. The third-order valence-electron chi connectivity index (χ3n) is 15.0. The van der Waals surface area contributed by atoms with Gasteiger partial charge in [-0.2, -0.15) is 0 Å². The van der Waals surface area contributed by atoms with Gasteiger partial charge in [0.05, 0.1) is 14.2 Å². The van der Waals surface area contributed by atoms with Crippen LogP contribution in [0.3, 0.4) is 0 Å². The molecule has 8 aromatic carbocycles. The molecule has 0 spiro atoms. The van der Waals surface area contributed by atoms with E-state index >= 15 is 0 Å². The van der Waals surface area contributed by atoms with Crippen molar-refractivity contribution in [3.05, 3.63) is 192 Å². The Bertz CT molecular complexity index is 3120. The largest absolute Gasteiger partial charge is 0.497 e. The van der Waals surface area contributed by atoms with Crippen LogP contribution in [0.4, 0.5) is 34.1 Å². The van der Waals surface area contributed by atoms with E-state index in [-0.39, 0.29) is 10.8 Å². The predicted octanol–water partition coefficient (Wildman–Crippen LogP) is 16.1. The van der Waals surface area contributed by atoms with Crippen molar-refractivity contribution in [1.29, 1.82) is 0 Å². The Morgan fingerprint density at radius 1 is 0.415 bits per heavy atom. The van der Waals surface area contributed by atoms with E-state index in [2.05, 4.69) is 212 Å². The summed E-state index contributed by atoms with van der Waals surface area (Å²) in [5, 5.41) is 2.50. The molecule has 0 radical (unpaired) electrons. The Balaban J connectivity index is 1.05. The van der Waals surface area contributed by atoms with Crippen molar-refractivity contribution < 1.29 is 9.47 Å². The molecule has 5 nitrogen and oxygen atoms in total. The van der Waals surface area contributed by atoms with E-state index in [1.165, 1.54) is 85.6 Å². The highest BCUT2D eigenvalue weighted by Crippen LogP contribution is 2.53. The zero-order valence-corrected chi connectivity index (χ0v) is 38.0. The molecular weight excluding hydrogens is 795 g/mol. The van der Waals surface area contributed by atoms with E-state index in [1.54, 1.807) is 14.2 Å². The summed E-state index contributed by atoms with van der Waals surface area (Å²) in [7, 11) is 3.46. The first kappa shape index (κ1) is 39.4. The molecule has 0 saturated heterocycles. The number of hydrogen-bond donors (Lipinski definition) is 0. The molecular formula is C60H53N3O2. The number of fused-ring (bicyclic) bond motifs is 9. The van der Waals surface area contributed by atoms with Gasteiger partial charge in [0.2, 0.25) is 0 Å². The molecule has 3 aliphatic rings. The Labute approximate surface area is 382 Å². The van der Waals surface area contributed by atoms with Gasteiger partial charge in [0, 0.05) is 72.8 Å². The first-order valence-electron chi connectivity index (χ1n) is 23.1. The standard InChI is InChI=1S/C60H53N3O2/c1-59(2)53-16-9-7-14-47(53)49-30-22-43(36-55(49)59)61(39-18-26-45(64-5)27-19-39)41-24-32-57-51(34-41)52-35-42(25-33-58(52)63(57)38-12-11-13-38)62(40-20-28-46(65-6)29-21-40)44-23-31-50-48-15-8-10-17-54(48)60(3,4)56(50)37-44/h7-10,14-38H,11-13H2,1-6H3. The average molecular weight is 848 g/mol. The van der Waals surface area contributed by atoms with Crippen molar-refractivity contribution in [1.82, 2.24) is 4.57 Å². The maximum Gasteiger partial charge on any atom is 0.119 e. The second-order valence-electron chi connectivity index (χ2n) is 19.2. The highest BCUT2D eigenvalue weighted by molar-refractivity contribution is 6.11. The van der Waals surface area contributed by atoms with Gasteiger partial charge in [0.1, 0.15) is 11.5 Å². The first-order valence-corrected chi connectivity index (χ1v) is 23.1. The van der Waals surface area contributed by atoms with Crippen molar-refractivity contribution in [2.45, 2.75) is 63.8 Å². The van der Waals surface area contributed by atoms with E-state index in [4.69, 9.17) is 9.47 Å². The number of aromatic nitrogens is 1. The quantitative estimate of drug-likeness (QED) is 0.145. The SMILES string of the molecule is COc1ccc(N(c2ccc3c(c2)C(C)(C)c2ccccc2-3)c2ccc3c(c2)c2cc(N(c4ccc(OC)cc4)c4ccc5c(c4)C(C)(C)c4ccccc4-5)ccc2n3C2CCC2)cc1. The molecule has 12 rings (SSSR count). The van der Waals surface area contributed by atoms with E-state index in [0.29, 0.717) is 6.04 Å². The molecule has 65 heavy (non-hydrogen) atoms. The minimum Gasteiger partial charge on any atom is -0.497 e. The maximum absolute atomic E-state index is 5.65. The van der Waals surface area contributed by atoms with E-state index < -0.39 is 0 Å². The number of benzene rings is 8. The smallest absolute Gasteiger partial charge is 0.119 e. The molecule has 1 fully saturated rings. The van der Waals surface area contributed by atoms with Gasteiger partial charge in [-0.15, -0.1) is 0 Å². The van der Waals surface area contributed by atoms with Crippen molar-refractivity contribution in [2.24, 2.45) is 0 Å². The average Bonchev–Trinajstić information content (AvgIpc) is 3.85. The second-order valence-corrected chi connectivity index (χ2v) is 19.2. The lowest BCUT2D eigenvalue weighted by atomic mass is 9.82. The van der Waals surface area contributed by atoms with E-state index in [0.717, 1.165) is 45.6 Å². The number of hydrogen-bond acceptors (Lipinski definition) is 4. The summed E-state index contributed by atoms with van der Waals surface area (Å²) < 4.78 is 13.9. The van der Waals surface area contributed by atoms with Crippen molar-refractivity contribution >= 4 is 55.9 Å². The van der Waals surface area contributed by atoms with Gasteiger partial charge in [-0.25, -0.2) is 0 Å². The third kappa shape index (κ3) is 5.98. The summed E-state index contributed by atoms with van der Waals surface area (Å²) in [5.74, 6) is 1.67. The van der Waals surface area contributed by atoms with Gasteiger partial charge in [-0.05, 0) is 173 Å². The summed E-state index contributed by atoms with van der Waals surface area (Å²) in [6, 6.07) is 63.5. The van der Waals surface area contributed by atoms with Gasteiger partial charge < -0.3 is 23.8 Å². The Morgan fingerprint density at radius 2 is 0.785 bits per heavy atom. The number of nitrogens with zero attached hydrogens (tertiary/aromatic N) is 3. The highest BCUT2D eigenvalue weighted by Gasteiger charge is 2.37. The van der Waals surface area contributed by atoms with Crippen molar-refractivity contribution in [3.8, 4) is 33.8 Å². The molecule has 0 N–H and O–H groups in total. The summed E-state index contributed by atoms with van der Waals surface area (Å²) in [6.45, 7) is 9.43. The summed E-state index contributed by atoms with van der Waals surface area (Å²) in [5.41, 5.74) is 19.7. The van der Waals surface area contributed by atoms with Gasteiger partial charge in [-0.3, -0.25) is 0 Å². The van der Waals surface area contributed by atoms with Crippen molar-refractivity contribution in [2.75, 3.05) is 24.0 Å². The summed E-state index contributed by atoms with van der Waals surface area (Å²) >= 11 is 0. The van der Waals surface area contributed by atoms with Crippen LogP contribution >= 0.6 is 0 Å². The number of rotatable bonds is 9. The Morgan fingerprint density at radius 3 is 1.18 bits per heavy atom. The molecule has 0 atom stereocenters. The predicted molar refractivity (Wildman–Crippen MR) is 270 cm³/mol. The van der Waals surface area contributed by atoms with E-state index in [9.17, 15) is 0 Å². The second kappa shape index (κ2) is 14.6. The van der Waals surface area contributed by atoms with Crippen LogP contribution in [0.1, 0.15) is 75.3 Å². The number of ether oxygens (including phenoxy) is 2. The van der Waals surface area contributed by atoms with Crippen LogP contribution in [-0.4, -0.2) is 18.8 Å².